The maximum Gasteiger partial charge on any atom is 0.229 e. The molecule has 0 aliphatic heterocycles. The first-order chi connectivity index (χ1) is 7.91. The summed E-state index contributed by atoms with van der Waals surface area (Å²) in [6.07, 6.45) is -0.230. The van der Waals surface area contributed by atoms with E-state index >= 15 is 0 Å². The summed E-state index contributed by atoms with van der Waals surface area (Å²) in [7, 11) is 0. The highest BCUT2D eigenvalue weighted by molar-refractivity contribution is 5.94. The molecule has 1 amide bonds. The topological polar surface area (TPSA) is 60.2 Å². The Hall–Kier alpha value is -2.22. The van der Waals surface area contributed by atoms with Gasteiger partial charge >= 0.3 is 0 Å². The van der Waals surface area contributed by atoms with Crippen molar-refractivity contribution < 1.29 is 18.4 Å². The van der Waals surface area contributed by atoms with Crippen LogP contribution in [0, 0.1) is 23.5 Å². The minimum absolute atomic E-state index is 0.141. The number of ketones is 1. The molecule has 0 spiro atoms. The monoisotopic (exact) mass is 237 g/mol. The molecule has 0 saturated carbocycles. The summed E-state index contributed by atoms with van der Waals surface area (Å²) in [5, 5.41) is 0. The zero-order valence-corrected chi connectivity index (χ0v) is 9.01. The third-order valence-electron chi connectivity index (χ3n) is 1.92. The second-order valence-electron chi connectivity index (χ2n) is 3.31. The van der Waals surface area contributed by atoms with Crippen molar-refractivity contribution in [2.75, 3.05) is 0 Å². The van der Waals surface area contributed by atoms with Crippen molar-refractivity contribution in [2.45, 2.75) is 13.3 Å². The quantitative estimate of drug-likeness (QED) is 0.624. The van der Waals surface area contributed by atoms with Crippen LogP contribution >= 0.6 is 0 Å². The van der Waals surface area contributed by atoms with Crippen molar-refractivity contribution in [1.29, 1.82) is 0 Å². The van der Waals surface area contributed by atoms with E-state index in [-0.39, 0.29) is 17.5 Å². The first kappa shape index (κ1) is 12.8. The van der Waals surface area contributed by atoms with Crippen molar-refractivity contribution >= 4 is 11.7 Å². The molecule has 5 heteroatoms. The number of amides is 1. The lowest BCUT2D eigenvalue weighted by Crippen LogP contribution is -2.08. The molecule has 0 bridgehead atoms. The van der Waals surface area contributed by atoms with Crippen LogP contribution < -0.4 is 5.73 Å². The number of carbonyl (C=O) groups excluding carboxylic acids is 2. The summed E-state index contributed by atoms with van der Waals surface area (Å²) in [6.45, 7) is 1.16. The van der Waals surface area contributed by atoms with Gasteiger partial charge in [-0.15, -0.1) is 0 Å². The summed E-state index contributed by atoms with van der Waals surface area (Å²) in [5.41, 5.74) is 4.47. The zero-order valence-electron chi connectivity index (χ0n) is 9.01. The predicted molar refractivity (Wildman–Crippen MR) is 57.1 cm³/mol. The smallest absolute Gasteiger partial charge is 0.229 e. The fraction of sp³-hybridized carbons (Fsp3) is 0.167. The summed E-state index contributed by atoms with van der Waals surface area (Å²) < 4.78 is 26.4. The second kappa shape index (κ2) is 5.21. The Balaban J connectivity index is 3.15. The summed E-state index contributed by atoms with van der Waals surface area (Å²) in [4.78, 5) is 21.4. The Labute approximate surface area is 96.6 Å². The van der Waals surface area contributed by atoms with Crippen LogP contribution in [0.5, 0.6) is 0 Å². The van der Waals surface area contributed by atoms with Crippen LogP contribution in [0.3, 0.4) is 0 Å². The van der Waals surface area contributed by atoms with Crippen molar-refractivity contribution in [1.82, 2.24) is 0 Å². The van der Waals surface area contributed by atoms with E-state index in [1.54, 1.807) is 0 Å². The molecule has 2 N–H and O–H groups in total. The van der Waals surface area contributed by atoms with Crippen LogP contribution in [0.25, 0.3) is 0 Å². The first-order valence-electron chi connectivity index (χ1n) is 4.69. The summed E-state index contributed by atoms with van der Waals surface area (Å²) in [5.74, 6) is 1.66. The van der Waals surface area contributed by atoms with Gasteiger partial charge in [0.2, 0.25) is 5.91 Å². The molecule has 0 radical (unpaired) electrons. The molecule has 17 heavy (non-hydrogen) atoms. The van der Waals surface area contributed by atoms with Gasteiger partial charge in [-0.25, -0.2) is 8.78 Å². The lowest BCUT2D eigenvalue weighted by Gasteiger charge is -2.00. The largest absolute Gasteiger partial charge is 0.369 e. The molecule has 1 aromatic rings. The predicted octanol–water partition coefficient (Wildman–Crippen LogP) is 1.39. The van der Waals surface area contributed by atoms with Crippen LogP contribution in [0.15, 0.2) is 12.1 Å². The van der Waals surface area contributed by atoms with Gasteiger partial charge in [0.25, 0.3) is 0 Å². The van der Waals surface area contributed by atoms with Crippen molar-refractivity contribution in [3.8, 4) is 11.8 Å². The second-order valence-corrected chi connectivity index (χ2v) is 3.31. The zero-order chi connectivity index (χ0) is 13.0. The van der Waals surface area contributed by atoms with E-state index < -0.39 is 23.3 Å². The molecular weight excluding hydrogens is 228 g/mol. The van der Waals surface area contributed by atoms with Gasteiger partial charge < -0.3 is 5.73 Å². The Kier molecular flexibility index (Phi) is 3.94. The maximum atomic E-state index is 13.2. The van der Waals surface area contributed by atoms with Crippen LogP contribution in [0.1, 0.15) is 29.3 Å². The summed E-state index contributed by atoms with van der Waals surface area (Å²) in [6, 6.07) is 1.60. The average Bonchev–Trinajstić information content (AvgIpc) is 2.20. The molecular formula is C12H9F2NO2. The average molecular weight is 237 g/mol. The standard InChI is InChI=1S/C12H9F2NO2/c1-7(16)9-5-8(3-2-4-12(15)17)10(13)6-11(9)14/h5-6H,4H2,1H3,(H2,15,17). The maximum absolute atomic E-state index is 13.2. The van der Waals surface area contributed by atoms with E-state index in [1.807, 2.05) is 0 Å². The molecule has 0 fully saturated rings. The van der Waals surface area contributed by atoms with Gasteiger partial charge in [0, 0.05) is 6.07 Å². The van der Waals surface area contributed by atoms with Gasteiger partial charge in [-0.3, -0.25) is 9.59 Å². The molecule has 0 heterocycles. The van der Waals surface area contributed by atoms with E-state index in [0.717, 1.165) is 13.0 Å². The van der Waals surface area contributed by atoms with Crippen LogP contribution in [0.4, 0.5) is 8.78 Å². The molecule has 0 saturated heterocycles. The number of halogens is 2. The van der Waals surface area contributed by atoms with Gasteiger partial charge in [0.1, 0.15) is 11.6 Å². The Morgan fingerprint density at radius 1 is 1.29 bits per heavy atom. The highest BCUT2D eigenvalue weighted by Gasteiger charge is 2.11. The number of benzene rings is 1. The molecule has 0 unspecified atom stereocenters. The van der Waals surface area contributed by atoms with Crippen LogP contribution in [-0.2, 0) is 4.79 Å². The first-order valence-corrected chi connectivity index (χ1v) is 4.69. The molecule has 1 aromatic carbocycles. The lowest BCUT2D eigenvalue weighted by atomic mass is 10.1. The Morgan fingerprint density at radius 3 is 2.47 bits per heavy atom. The van der Waals surface area contributed by atoms with Crippen molar-refractivity contribution in [3.05, 3.63) is 34.9 Å². The molecule has 88 valence electrons. The minimum Gasteiger partial charge on any atom is -0.369 e. The van der Waals surface area contributed by atoms with Crippen molar-refractivity contribution in [2.24, 2.45) is 5.73 Å². The number of hydrogen-bond donors (Lipinski definition) is 1. The van der Waals surface area contributed by atoms with E-state index in [0.29, 0.717) is 6.07 Å². The molecule has 0 atom stereocenters. The Morgan fingerprint density at radius 2 is 1.94 bits per heavy atom. The lowest BCUT2D eigenvalue weighted by molar-refractivity contribution is -0.117. The fourth-order valence-electron chi connectivity index (χ4n) is 1.14. The molecule has 0 aliphatic rings. The Bertz CT molecular complexity index is 541. The van der Waals surface area contributed by atoms with Crippen LogP contribution in [-0.4, -0.2) is 11.7 Å². The molecule has 1 rings (SSSR count). The van der Waals surface area contributed by atoms with Gasteiger partial charge in [0.15, 0.2) is 5.78 Å². The third kappa shape index (κ3) is 3.38. The number of carbonyl (C=O) groups is 2. The van der Waals surface area contributed by atoms with E-state index in [9.17, 15) is 18.4 Å². The minimum atomic E-state index is -0.935. The van der Waals surface area contributed by atoms with Gasteiger partial charge in [-0.05, 0) is 13.0 Å². The number of hydrogen-bond acceptors (Lipinski definition) is 2. The normalized spacial score (nSPS) is 9.35. The number of primary amides is 1. The highest BCUT2D eigenvalue weighted by atomic mass is 19.1. The highest BCUT2D eigenvalue weighted by Crippen LogP contribution is 2.14. The van der Waals surface area contributed by atoms with Gasteiger partial charge in [0.05, 0.1) is 17.5 Å². The third-order valence-corrected chi connectivity index (χ3v) is 1.92. The van der Waals surface area contributed by atoms with E-state index in [4.69, 9.17) is 5.73 Å². The fourth-order valence-corrected chi connectivity index (χ4v) is 1.14. The SMILES string of the molecule is CC(=O)c1cc(C#CCC(N)=O)c(F)cc1F. The molecule has 0 aromatic heterocycles. The summed E-state index contributed by atoms with van der Waals surface area (Å²) >= 11 is 0. The number of Topliss-reactive ketones (excluding diaryl/α,β-unsaturated/α-hetero) is 1. The van der Waals surface area contributed by atoms with Gasteiger partial charge in [-0.1, -0.05) is 11.8 Å². The molecule has 3 nitrogen and oxygen atoms in total. The van der Waals surface area contributed by atoms with E-state index in [1.165, 1.54) is 0 Å². The number of nitrogens with two attached hydrogens (primary N) is 1. The number of rotatable bonds is 2. The molecule has 0 aliphatic carbocycles. The van der Waals surface area contributed by atoms with Gasteiger partial charge in [-0.2, -0.15) is 0 Å². The van der Waals surface area contributed by atoms with E-state index in [2.05, 4.69) is 11.8 Å². The van der Waals surface area contributed by atoms with Crippen LogP contribution in [0.2, 0.25) is 0 Å². The van der Waals surface area contributed by atoms with Crippen molar-refractivity contribution in [3.63, 3.8) is 0 Å².